The Bertz CT molecular complexity index is 281. The first-order valence-corrected chi connectivity index (χ1v) is 4.55. The summed E-state index contributed by atoms with van der Waals surface area (Å²) in [5.41, 5.74) is 0.722. The highest BCUT2D eigenvalue weighted by atomic mass is 35.5. The van der Waals surface area contributed by atoms with Crippen molar-refractivity contribution in [3.8, 4) is 0 Å². The second-order valence-electron chi connectivity index (χ2n) is 2.78. The summed E-state index contributed by atoms with van der Waals surface area (Å²) in [6, 6.07) is 6.96. The van der Waals surface area contributed by atoms with Crippen molar-refractivity contribution in [1.82, 2.24) is 5.32 Å². The Morgan fingerprint density at radius 2 is 2.00 bits per heavy atom. The third-order valence-electron chi connectivity index (χ3n) is 1.77. The Balaban J connectivity index is 2.61. The average Bonchev–Trinajstić information content (AvgIpc) is 2.15. The smallest absolute Gasteiger partial charge is 0.164 e. The van der Waals surface area contributed by atoms with Crippen molar-refractivity contribution in [2.45, 2.75) is 6.42 Å². The monoisotopic (exact) mass is 197 g/mol. The van der Waals surface area contributed by atoms with Crippen LogP contribution in [-0.2, 0) is 0 Å². The summed E-state index contributed by atoms with van der Waals surface area (Å²) in [7, 11) is 1.83. The molecule has 0 heterocycles. The van der Waals surface area contributed by atoms with Gasteiger partial charge in [0.25, 0.3) is 0 Å². The van der Waals surface area contributed by atoms with Crippen LogP contribution in [0.1, 0.15) is 16.8 Å². The highest BCUT2D eigenvalue weighted by Crippen LogP contribution is 2.10. The van der Waals surface area contributed by atoms with Crippen LogP contribution >= 0.6 is 11.6 Å². The molecule has 1 aromatic carbocycles. The molecule has 0 radical (unpaired) electrons. The molecule has 0 atom stereocenters. The van der Waals surface area contributed by atoms with Crippen LogP contribution < -0.4 is 5.32 Å². The molecule has 0 saturated heterocycles. The zero-order valence-corrected chi connectivity index (χ0v) is 8.27. The topological polar surface area (TPSA) is 29.1 Å². The number of ketones is 1. The van der Waals surface area contributed by atoms with Crippen molar-refractivity contribution in [3.05, 3.63) is 34.9 Å². The first-order chi connectivity index (χ1) is 6.24. The Labute approximate surface area is 82.9 Å². The molecule has 0 aromatic heterocycles. The minimum atomic E-state index is 0.144. The van der Waals surface area contributed by atoms with Gasteiger partial charge in [0.1, 0.15) is 0 Å². The van der Waals surface area contributed by atoms with Gasteiger partial charge in [0, 0.05) is 23.6 Å². The first-order valence-electron chi connectivity index (χ1n) is 4.17. The van der Waals surface area contributed by atoms with Gasteiger partial charge >= 0.3 is 0 Å². The average molecular weight is 198 g/mol. The number of halogens is 1. The molecule has 0 unspecified atom stereocenters. The molecule has 0 aliphatic carbocycles. The molecule has 0 fully saturated rings. The molecule has 2 nitrogen and oxygen atoms in total. The Morgan fingerprint density at radius 3 is 2.54 bits per heavy atom. The Hall–Kier alpha value is -0.860. The Kier molecular flexibility index (Phi) is 3.93. The summed E-state index contributed by atoms with van der Waals surface area (Å²) in [5, 5.41) is 3.59. The molecule has 0 bridgehead atoms. The SMILES string of the molecule is CNCCC(=O)c1ccc(Cl)cc1. The summed E-state index contributed by atoms with van der Waals surface area (Å²) >= 11 is 5.70. The van der Waals surface area contributed by atoms with Crippen LogP contribution in [0.25, 0.3) is 0 Å². The van der Waals surface area contributed by atoms with E-state index in [1.807, 2.05) is 7.05 Å². The molecule has 70 valence electrons. The largest absolute Gasteiger partial charge is 0.319 e. The number of benzene rings is 1. The first kappa shape index (κ1) is 10.2. The van der Waals surface area contributed by atoms with Crippen LogP contribution in [0, 0.1) is 0 Å². The zero-order valence-electron chi connectivity index (χ0n) is 7.51. The fourth-order valence-electron chi connectivity index (χ4n) is 1.02. The predicted molar refractivity (Wildman–Crippen MR) is 54.3 cm³/mol. The maximum atomic E-state index is 11.4. The summed E-state index contributed by atoms with van der Waals surface area (Å²) in [6.07, 6.45) is 0.526. The highest BCUT2D eigenvalue weighted by molar-refractivity contribution is 6.30. The second-order valence-corrected chi connectivity index (χ2v) is 3.22. The normalized spacial score (nSPS) is 10.0. The lowest BCUT2D eigenvalue weighted by Gasteiger charge is -1.99. The molecule has 0 aliphatic rings. The lowest BCUT2D eigenvalue weighted by molar-refractivity contribution is 0.0983. The molecule has 3 heteroatoms. The predicted octanol–water partition coefficient (Wildman–Crippen LogP) is 2.13. The standard InChI is InChI=1S/C10H12ClNO/c1-12-7-6-10(13)8-2-4-9(11)5-3-8/h2-5,12H,6-7H2,1H3. The van der Waals surface area contributed by atoms with Crippen LogP contribution in [0.2, 0.25) is 5.02 Å². The van der Waals surface area contributed by atoms with E-state index in [1.165, 1.54) is 0 Å². The maximum absolute atomic E-state index is 11.4. The van der Waals surface area contributed by atoms with Gasteiger partial charge in [0.05, 0.1) is 0 Å². The number of hydrogen-bond acceptors (Lipinski definition) is 2. The van der Waals surface area contributed by atoms with Crippen LogP contribution in [0.3, 0.4) is 0 Å². The van der Waals surface area contributed by atoms with E-state index >= 15 is 0 Å². The van der Waals surface area contributed by atoms with Crippen molar-refractivity contribution in [3.63, 3.8) is 0 Å². The number of carbonyl (C=O) groups excluding carboxylic acids is 1. The molecule has 13 heavy (non-hydrogen) atoms. The maximum Gasteiger partial charge on any atom is 0.164 e. The quantitative estimate of drug-likeness (QED) is 0.750. The molecule has 0 saturated carbocycles. The van der Waals surface area contributed by atoms with Crippen LogP contribution in [0.4, 0.5) is 0 Å². The van der Waals surface area contributed by atoms with Gasteiger partial charge in [0.15, 0.2) is 5.78 Å². The molecule has 0 amide bonds. The van der Waals surface area contributed by atoms with Crippen molar-refractivity contribution in [2.24, 2.45) is 0 Å². The summed E-state index contributed by atoms with van der Waals surface area (Å²) in [4.78, 5) is 11.4. The van der Waals surface area contributed by atoms with E-state index in [9.17, 15) is 4.79 Å². The molecule has 1 aromatic rings. The lowest BCUT2D eigenvalue weighted by atomic mass is 10.1. The number of Topliss-reactive ketones (excluding diaryl/α,β-unsaturated/α-hetero) is 1. The zero-order chi connectivity index (χ0) is 9.68. The van der Waals surface area contributed by atoms with Gasteiger partial charge in [-0.3, -0.25) is 4.79 Å². The summed E-state index contributed by atoms with van der Waals surface area (Å²) < 4.78 is 0. The van der Waals surface area contributed by atoms with Crippen LogP contribution in [0.15, 0.2) is 24.3 Å². The third kappa shape index (κ3) is 3.17. The molecule has 0 aliphatic heterocycles. The van der Waals surface area contributed by atoms with Gasteiger partial charge in [-0.05, 0) is 31.3 Å². The van der Waals surface area contributed by atoms with E-state index < -0.39 is 0 Å². The van der Waals surface area contributed by atoms with Gasteiger partial charge in [-0.25, -0.2) is 0 Å². The molecule has 1 N–H and O–H groups in total. The van der Waals surface area contributed by atoms with Gasteiger partial charge in [-0.15, -0.1) is 0 Å². The summed E-state index contributed by atoms with van der Waals surface area (Å²) in [5.74, 6) is 0.144. The van der Waals surface area contributed by atoms with E-state index in [0.29, 0.717) is 18.0 Å². The molecule has 0 spiro atoms. The van der Waals surface area contributed by atoms with Crippen molar-refractivity contribution >= 4 is 17.4 Å². The van der Waals surface area contributed by atoms with Crippen LogP contribution in [0.5, 0.6) is 0 Å². The Morgan fingerprint density at radius 1 is 1.38 bits per heavy atom. The van der Waals surface area contributed by atoms with Crippen molar-refractivity contribution in [1.29, 1.82) is 0 Å². The lowest BCUT2D eigenvalue weighted by Crippen LogP contribution is -2.12. The number of nitrogens with one attached hydrogen (secondary N) is 1. The van der Waals surface area contributed by atoms with Gasteiger partial charge in [-0.2, -0.15) is 0 Å². The minimum Gasteiger partial charge on any atom is -0.319 e. The van der Waals surface area contributed by atoms with Crippen molar-refractivity contribution in [2.75, 3.05) is 13.6 Å². The summed E-state index contributed by atoms with van der Waals surface area (Å²) in [6.45, 7) is 0.710. The van der Waals surface area contributed by atoms with E-state index in [2.05, 4.69) is 5.32 Å². The number of hydrogen-bond donors (Lipinski definition) is 1. The second kappa shape index (κ2) is 5.00. The highest BCUT2D eigenvalue weighted by Gasteiger charge is 2.03. The van der Waals surface area contributed by atoms with E-state index in [-0.39, 0.29) is 5.78 Å². The van der Waals surface area contributed by atoms with E-state index in [4.69, 9.17) is 11.6 Å². The van der Waals surface area contributed by atoms with Crippen LogP contribution in [-0.4, -0.2) is 19.4 Å². The fourth-order valence-corrected chi connectivity index (χ4v) is 1.14. The van der Waals surface area contributed by atoms with E-state index in [0.717, 1.165) is 5.56 Å². The molecular formula is C10H12ClNO. The molecular weight excluding hydrogens is 186 g/mol. The minimum absolute atomic E-state index is 0.144. The number of rotatable bonds is 4. The van der Waals surface area contributed by atoms with Crippen molar-refractivity contribution < 1.29 is 4.79 Å². The van der Waals surface area contributed by atoms with Gasteiger partial charge < -0.3 is 5.32 Å². The molecule has 1 rings (SSSR count). The van der Waals surface area contributed by atoms with Gasteiger partial charge in [0.2, 0.25) is 0 Å². The third-order valence-corrected chi connectivity index (χ3v) is 2.02. The van der Waals surface area contributed by atoms with E-state index in [1.54, 1.807) is 24.3 Å². The number of carbonyl (C=O) groups is 1. The van der Waals surface area contributed by atoms with Gasteiger partial charge in [-0.1, -0.05) is 11.6 Å². The fraction of sp³-hybridized carbons (Fsp3) is 0.300.